The van der Waals surface area contributed by atoms with E-state index in [0.717, 1.165) is 12.8 Å². The Kier molecular flexibility index (Phi) is 7.34. The van der Waals surface area contributed by atoms with E-state index in [9.17, 15) is 9.59 Å². The molecule has 0 aliphatic heterocycles. The summed E-state index contributed by atoms with van der Waals surface area (Å²) < 4.78 is 0. The molecule has 0 rings (SSSR count). The molecule has 0 saturated carbocycles. The molecule has 5 heteroatoms. The van der Waals surface area contributed by atoms with Gasteiger partial charge >= 0.3 is 12.0 Å². The molecule has 0 heterocycles. The molecular weight excluding hydrogens is 220 g/mol. The van der Waals surface area contributed by atoms with Gasteiger partial charge in [0, 0.05) is 13.6 Å². The lowest BCUT2D eigenvalue weighted by atomic mass is 10.0. The predicted octanol–water partition coefficient (Wildman–Crippen LogP) is 1.93. The number of amides is 2. The Balaban J connectivity index is 4.25. The van der Waals surface area contributed by atoms with Gasteiger partial charge in [0.05, 0.1) is 0 Å². The Labute approximate surface area is 103 Å². The fourth-order valence-electron chi connectivity index (χ4n) is 1.45. The van der Waals surface area contributed by atoms with Crippen LogP contribution in [0.1, 0.15) is 40.0 Å². The number of aliphatic carboxylic acids is 1. The molecule has 100 valence electrons. The van der Waals surface area contributed by atoms with Gasteiger partial charge in [-0.15, -0.1) is 0 Å². The van der Waals surface area contributed by atoms with E-state index in [1.165, 1.54) is 4.90 Å². The molecular formula is C12H24N2O3. The summed E-state index contributed by atoms with van der Waals surface area (Å²) in [5.41, 5.74) is 0. The zero-order chi connectivity index (χ0) is 13.4. The lowest BCUT2D eigenvalue weighted by molar-refractivity contribution is -0.139. The lowest BCUT2D eigenvalue weighted by Crippen LogP contribution is -2.47. The first-order valence-electron chi connectivity index (χ1n) is 6.12. The number of nitrogens with one attached hydrogen (secondary N) is 1. The number of hydrogen-bond acceptors (Lipinski definition) is 2. The van der Waals surface area contributed by atoms with Crippen LogP contribution in [0.25, 0.3) is 0 Å². The summed E-state index contributed by atoms with van der Waals surface area (Å²) in [4.78, 5) is 24.2. The molecule has 0 aliphatic carbocycles. The zero-order valence-corrected chi connectivity index (χ0v) is 11.2. The second-order valence-corrected chi connectivity index (χ2v) is 4.74. The van der Waals surface area contributed by atoms with Gasteiger partial charge in [-0.1, -0.05) is 27.2 Å². The number of carbonyl (C=O) groups excluding carboxylic acids is 1. The second kappa shape index (κ2) is 7.92. The Bertz CT molecular complexity index is 254. The van der Waals surface area contributed by atoms with Gasteiger partial charge in [0.2, 0.25) is 0 Å². The highest BCUT2D eigenvalue weighted by Gasteiger charge is 2.22. The number of unbranched alkanes of at least 4 members (excludes halogenated alkanes) is 1. The average molecular weight is 244 g/mol. The van der Waals surface area contributed by atoms with Gasteiger partial charge in [-0.05, 0) is 18.8 Å². The highest BCUT2D eigenvalue weighted by Crippen LogP contribution is 2.05. The summed E-state index contributed by atoms with van der Waals surface area (Å²) >= 11 is 0. The van der Waals surface area contributed by atoms with Gasteiger partial charge < -0.3 is 15.3 Å². The third-order valence-corrected chi connectivity index (χ3v) is 2.50. The third kappa shape index (κ3) is 6.81. The van der Waals surface area contributed by atoms with Crippen LogP contribution in [0.2, 0.25) is 0 Å². The SMILES string of the molecule is CCCCN(C)C(=O)N[C@@H](CC(C)C)C(=O)O. The van der Waals surface area contributed by atoms with Crippen LogP contribution in [0.15, 0.2) is 0 Å². The molecule has 17 heavy (non-hydrogen) atoms. The van der Waals surface area contributed by atoms with Crippen molar-refractivity contribution < 1.29 is 14.7 Å². The molecule has 0 unspecified atom stereocenters. The maximum Gasteiger partial charge on any atom is 0.326 e. The molecule has 0 aromatic carbocycles. The van der Waals surface area contributed by atoms with E-state index >= 15 is 0 Å². The molecule has 0 bridgehead atoms. The van der Waals surface area contributed by atoms with Crippen LogP contribution in [0.3, 0.4) is 0 Å². The van der Waals surface area contributed by atoms with E-state index in [1.54, 1.807) is 7.05 Å². The van der Waals surface area contributed by atoms with Crippen molar-refractivity contribution in [3.05, 3.63) is 0 Å². The van der Waals surface area contributed by atoms with Crippen LogP contribution in [0, 0.1) is 5.92 Å². The topological polar surface area (TPSA) is 69.6 Å². The molecule has 2 N–H and O–H groups in total. The van der Waals surface area contributed by atoms with Gasteiger partial charge in [0.15, 0.2) is 0 Å². The van der Waals surface area contributed by atoms with E-state index < -0.39 is 12.0 Å². The standard InChI is InChI=1S/C12H24N2O3/c1-5-6-7-14(4)12(17)13-10(11(15)16)8-9(2)3/h9-10H,5-8H2,1-4H3,(H,13,17)(H,15,16)/t10-/m0/s1. The van der Waals surface area contributed by atoms with E-state index in [0.29, 0.717) is 13.0 Å². The van der Waals surface area contributed by atoms with E-state index in [4.69, 9.17) is 5.11 Å². The van der Waals surface area contributed by atoms with Crippen molar-refractivity contribution in [1.29, 1.82) is 0 Å². The monoisotopic (exact) mass is 244 g/mol. The first-order chi connectivity index (χ1) is 7.88. The number of nitrogens with zero attached hydrogens (tertiary/aromatic N) is 1. The average Bonchev–Trinajstić information content (AvgIpc) is 2.23. The van der Waals surface area contributed by atoms with Crippen molar-refractivity contribution in [3.8, 4) is 0 Å². The van der Waals surface area contributed by atoms with Crippen LogP contribution in [0.4, 0.5) is 4.79 Å². The molecule has 0 radical (unpaired) electrons. The number of urea groups is 1. The minimum absolute atomic E-state index is 0.234. The quantitative estimate of drug-likeness (QED) is 0.719. The van der Waals surface area contributed by atoms with Crippen molar-refractivity contribution >= 4 is 12.0 Å². The van der Waals surface area contributed by atoms with Gasteiger partial charge in [-0.2, -0.15) is 0 Å². The highest BCUT2D eigenvalue weighted by atomic mass is 16.4. The van der Waals surface area contributed by atoms with Gasteiger partial charge in [-0.25, -0.2) is 9.59 Å². The summed E-state index contributed by atoms with van der Waals surface area (Å²) in [6, 6.07) is -1.11. The minimum atomic E-state index is -0.976. The smallest absolute Gasteiger partial charge is 0.326 e. The number of carbonyl (C=O) groups is 2. The Morgan fingerprint density at radius 1 is 1.35 bits per heavy atom. The van der Waals surface area contributed by atoms with Crippen molar-refractivity contribution in [2.75, 3.05) is 13.6 Å². The Hall–Kier alpha value is -1.26. The summed E-state index contributed by atoms with van der Waals surface area (Å²) in [7, 11) is 1.68. The van der Waals surface area contributed by atoms with Crippen LogP contribution < -0.4 is 5.32 Å². The first kappa shape index (κ1) is 15.7. The van der Waals surface area contributed by atoms with Crippen LogP contribution in [0.5, 0.6) is 0 Å². The van der Waals surface area contributed by atoms with Crippen LogP contribution >= 0.6 is 0 Å². The predicted molar refractivity (Wildman–Crippen MR) is 66.9 cm³/mol. The summed E-state index contributed by atoms with van der Waals surface area (Å²) in [6.45, 7) is 6.56. The highest BCUT2D eigenvalue weighted by molar-refractivity contribution is 5.82. The Morgan fingerprint density at radius 3 is 2.35 bits per heavy atom. The molecule has 1 atom stereocenters. The van der Waals surface area contributed by atoms with E-state index in [1.807, 2.05) is 20.8 Å². The molecule has 5 nitrogen and oxygen atoms in total. The number of rotatable bonds is 7. The Morgan fingerprint density at radius 2 is 1.94 bits per heavy atom. The van der Waals surface area contributed by atoms with E-state index in [2.05, 4.69) is 5.32 Å². The molecule has 0 aliphatic rings. The molecule has 0 spiro atoms. The normalized spacial score (nSPS) is 12.3. The number of carboxylic acids is 1. The third-order valence-electron chi connectivity index (χ3n) is 2.50. The van der Waals surface area contributed by atoms with Crippen molar-refractivity contribution in [3.63, 3.8) is 0 Å². The summed E-state index contributed by atoms with van der Waals surface area (Å²) in [6.07, 6.45) is 2.38. The summed E-state index contributed by atoms with van der Waals surface area (Å²) in [5, 5.41) is 11.5. The summed E-state index contributed by atoms with van der Waals surface area (Å²) in [5.74, 6) is -0.742. The molecule has 0 saturated heterocycles. The van der Waals surface area contributed by atoms with Gasteiger partial charge in [-0.3, -0.25) is 0 Å². The molecule has 2 amide bonds. The first-order valence-corrected chi connectivity index (χ1v) is 6.12. The molecule has 0 fully saturated rings. The van der Waals surface area contributed by atoms with Crippen molar-refractivity contribution in [2.24, 2.45) is 5.92 Å². The van der Waals surface area contributed by atoms with Gasteiger partial charge in [0.25, 0.3) is 0 Å². The van der Waals surface area contributed by atoms with Crippen LogP contribution in [-0.2, 0) is 4.79 Å². The van der Waals surface area contributed by atoms with Crippen LogP contribution in [-0.4, -0.2) is 41.6 Å². The van der Waals surface area contributed by atoms with E-state index in [-0.39, 0.29) is 11.9 Å². The molecule has 0 aromatic rings. The number of carboxylic acid groups (broad SMARTS) is 1. The number of hydrogen-bond donors (Lipinski definition) is 2. The largest absolute Gasteiger partial charge is 0.480 e. The van der Waals surface area contributed by atoms with Gasteiger partial charge in [0.1, 0.15) is 6.04 Å². The maximum absolute atomic E-state index is 11.7. The van der Waals surface area contributed by atoms with Crippen molar-refractivity contribution in [2.45, 2.75) is 46.1 Å². The second-order valence-electron chi connectivity index (χ2n) is 4.74. The zero-order valence-electron chi connectivity index (χ0n) is 11.2. The lowest BCUT2D eigenvalue weighted by Gasteiger charge is -2.22. The maximum atomic E-state index is 11.7. The fraction of sp³-hybridized carbons (Fsp3) is 0.833. The minimum Gasteiger partial charge on any atom is -0.480 e. The van der Waals surface area contributed by atoms with Crippen molar-refractivity contribution in [1.82, 2.24) is 10.2 Å². The fourth-order valence-corrected chi connectivity index (χ4v) is 1.45. The molecule has 0 aromatic heterocycles.